The molecule has 2 atom stereocenters. The zero-order chi connectivity index (χ0) is 14.3. The molecule has 0 fully saturated rings. The van der Waals surface area contributed by atoms with Gasteiger partial charge < -0.3 is 15.2 Å². The Morgan fingerprint density at radius 1 is 1.37 bits per heavy atom. The molecule has 2 N–H and O–H groups in total. The normalized spacial score (nSPS) is 14.2. The molecule has 19 heavy (non-hydrogen) atoms. The highest BCUT2D eigenvalue weighted by Gasteiger charge is 2.15. The monoisotopic (exact) mass is 285 g/mol. The van der Waals surface area contributed by atoms with Crippen LogP contribution in [0.5, 0.6) is 5.88 Å². The van der Waals surface area contributed by atoms with E-state index in [2.05, 4.69) is 29.1 Å². The molecule has 0 saturated heterocycles. The van der Waals surface area contributed by atoms with Crippen LogP contribution in [0.3, 0.4) is 0 Å². The van der Waals surface area contributed by atoms with Crippen LogP contribution in [0, 0.1) is 5.92 Å². The van der Waals surface area contributed by atoms with Crippen molar-refractivity contribution in [1.29, 1.82) is 0 Å². The van der Waals surface area contributed by atoms with Gasteiger partial charge in [-0.15, -0.1) is 0 Å². The second kappa shape index (κ2) is 8.22. The SMILES string of the molecule is CS[C@H](CO)[C@H](C)Nc1cncc(OCC(C)C)n1. The van der Waals surface area contributed by atoms with Gasteiger partial charge in [-0.1, -0.05) is 13.8 Å². The maximum absolute atomic E-state index is 9.25. The van der Waals surface area contributed by atoms with Gasteiger partial charge in [-0.3, -0.25) is 4.98 Å². The molecule has 1 rings (SSSR count). The van der Waals surface area contributed by atoms with Crippen molar-refractivity contribution in [2.45, 2.75) is 32.1 Å². The molecule has 1 heterocycles. The molecule has 1 aromatic rings. The Balaban J connectivity index is 2.61. The van der Waals surface area contributed by atoms with Crippen LogP contribution in [0.4, 0.5) is 5.82 Å². The number of anilines is 1. The average molecular weight is 285 g/mol. The molecular weight excluding hydrogens is 262 g/mol. The molecule has 1 aromatic heterocycles. The van der Waals surface area contributed by atoms with Crippen molar-refractivity contribution in [2.24, 2.45) is 5.92 Å². The Labute approximate surface area is 119 Å². The summed E-state index contributed by atoms with van der Waals surface area (Å²) in [5.74, 6) is 1.64. The number of rotatable bonds is 8. The average Bonchev–Trinajstić information content (AvgIpc) is 2.38. The Bertz CT molecular complexity index is 373. The zero-order valence-electron chi connectivity index (χ0n) is 12.0. The molecule has 0 aromatic carbocycles. The number of hydrogen-bond acceptors (Lipinski definition) is 6. The molecule has 6 heteroatoms. The summed E-state index contributed by atoms with van der Waals surface area (Å²) in [6.07, 6.45) is 5.25. The summed E-state index contributed by atoms with van der Waals surface area (Å²) in [4.78, 5) is 8.46. The molecule has 0 unspecified atom stereocenters. The predicted molar refractivity (Wildman–Crippen MR) is 79.8 cm³/mol. The molecule has 0 aliphatic carbocycles. The minimum atomic E-state index is 0.106. The minimum Gasteiger partial charge on any atom is -0.476 e. The van der Waals surface area contributed by atoms with E-state index in [9.17, 15) is 5.11 Å². The molecule has 0 aliphatic rings. The summed E-state index contributed by atoms with van der Waals surface area (Å²) in [7, 11) is 0. The summed E-state index contributed by atoms with van der Waals surface area (Å²) in [5.41, 5.74) is 0. The van der Waals surface area contributed by atoms with Crippen molar-refractivity contribution in [3.63, 3.8) is 0 Å². The lowest BCUT2D eigenvalue weighted by atomic mass is 10.2. The fraction of sp³-hybridized carbons (Fsp3) is 0.692. The summed E-state index contributed by atoms with van der Waals surface area (Å²) in [5, 5.41) is 12.6. The van der Waals surface area contributed by atoms with Crippen molar-refractivity contribution < 1.29 is 9.84 Å². The van der Waals surface area contributed by atoms with Gasteiger partial charge in [0.1, 0.15) is 5.82 Å². The predicted octanol–water partition coefficient (Wildman–Crippen LogP) is 2.04. The van der Waals surface area contributed by atoms with Crippen LogP contribution in [0.1, 0.15) is 20.8 Å². The third-order valence-electron chi connectivity index (χ3n) is 2.59. The van der Waals surface area contributed by atoms with Crippen molar-refractivity contribution in [3.8, 4) is 5.88 Å². The largest absolute Gasteiger partial charge is 0.476 e. The molecule has 5 nitrogen and oxygen atoms in total. The molecular formula is C13H23N3O2S. The zero-order valence-corrected chi connectivity index (χ0v) is 12.8. The first-order valence-electron chi connectivity index (χ1n) is 6.41. The number of thioether (sulfide) groups is 1. The maximum Gasteiger partial charge on any atom is 0.234 e. The van der Waals surface area contributed by atoms with Crippen LogP contribution in [0.25, 0.3) is 0 Å². The quantitative estimate of drug-likeness (QED) is 0.762. The van der Waals surface area contributed by atoms with E-state index in [1.165, 1.54) is 0 Å². The van der Waals surface area contributed by atoms with Crippen LogP contribution in [0.2, 0.25) is 0 Å². The van der Waals surface area contributed by atoms with E-state index in [4.69, 9.17) is 4.74 Å². The van der Waals surface area contributed by atoms with Gasteiger partial charge in [0, 0.05) is 11.3 Å². The first-order chi connectivity index (χ1) is 9.06. The first kappa shape index (κ1) is 16.0. The van der Waals surface area contributed by atoms with E-state index in [0.717, 1.165) is 0 Å². The smallest absolute Gasteiger partial charge is 0.234 e. The number of nitrogens with zero attached hydrogens (tertiary/aromatic N) is 2. The fourth-order valence-electron chi connectivity index (χ4n) is 1.50. The Hall–Kier alpha value is -1.01. The lowest BCUT2D eigenvalue weighted by Gasteiger charge is -2.21. The van der Waals surface area contributed by atoms with E-state index >= 15 is 0 Å². The Morgan fingerprint density at radius 2 is 2.11 bits per heavy atom. The number of aliphatic hydroxyl groups is 1. The number of nitrogens with one attached hydrogen (secondary N) is 1. The number of aliphatic hydroxyl groups excluding tert-OH is 1. The van der Waals surface area contributed by atoms with Gasteiger partial charge in [-0.05, 0) is 19.1 Å². The van der Waals surface area contributed by atoms with E-state index in [-0.39, 0.29) is 17.9 Å². The minimum absolute atomic E-state index is 0.106. The topological polar surface area (TPSA) is 67.3 Å². The van der Waals surface area contributed by atoms with Crippen LogP contribution in [0.15, 0.2) is 12.4 Å². The van der Waals surface area contributed by atoms with Crippen LogP contribution >= 0.6 is 11.8 Å². The Kier molecular flexibility index (Phi) is 6.94. The summed E-state index contributed by atoms with van der Waals surface area (Å²) < 4.78 is 5.53. The number of ether oxygens (including phenoxy) is 1. The third kappa shape index (κ3) is 5.65. The van der Waals surface area contributed by atoms with Gasteiger partial charge in [0.25, 0.3) is 0 Å². The standard InChI is InChI=1S/C13H23N3O2S/c1-9(2)8-18-13-6-14-5-12(16-13)15-10(3)11(7-17)19-4/h5-6,9-11,17H,7-8H2,1-4H3,(H,15,16)/t10-,11+/m0/s1. The molecule has 0 amide bonds. The van der Waals surface area contributed by atoms with Crippen molar-refractivity contribution >= 4 is 17.6 Å². The highest BCUT2D eigenvalue weighted by atomic mass is 32.2. The summed E-state index contributed by atoms with van der Waals surface area (Å²) >= 11 is 1.62. The van der Waals surface area contributed by atoms with E-state index < -0.39 is 0 Å². The summed E-state index contributed by atoms with van der Waals surface area (Å²) in [6.45, 7) is 6.94. The highest BCUT2D eigenvalue weighted by molar-refractivity contribution is 7.99. The lowest BCUT2D eigenvalue weighted by molar-refractivity contribution is 0.260. The molecule has 0 spiro atoms. The van der Waals surface area contributed by atoms with Gasteiger partial charge in [0.05, 0.1) is 25.6 Å². The highest BCUT2D eigenvalue weighted by Crippen LogP contribution is 2.16. The number of aromatic nitrogens is 2. The van der Waals surface area contributed by atoms with Crippen LogP contribution in [-0.2, 0) is 0 Å². The molecule has 108 valence electrons. The van der Waals surface area contributed by atoms with Crippen molar-refractivity contribution in [1.82, 2.24) is 9.97 Å². The van der Waals surface area contributed by atoms with Crippen LogP contribution in [-0.4, -0.2) is 45.8 Å². The molecule has 0 bridgehead atoms. The second-order valence-corrected chi connectivity index (χ2v) is 5.91. The van der Waals surface area contributed by atoms with Crippen molar-refractivity contribution in [2.75, 3.05) is 24.8 Å². The molecule has 0 saturated carbocycles. The molecule has 0 aliphatic heterocycles. The summed E-state index contributed by atoms with van der Waals surface area (Å²) in [6, 6.07) is 0.106. The first-order valence-corrected chi connectivity index (χ1v) is 7.70. The van der Waals surface area contributed by atoms with Gasteiger partial charge in [-0.25, -0.2) is 0 Å². The number of hydrogen-bond donors (Lipinski definition) is 2. The fourth-order valence-corrected chi connectivity index (χ4v) is 2.13. The third-order valence-corrected chi connectivity index (χ3v) is 3.76. The Morgan fingerprint density at radius 3 is 2.68 bits per heavy atom. The van der Waals surface area contributed by atoms with Gasteiger partial charge in [0.2, 0.25) is 5.88 Å². The van der Waals surface area contributed by atoms with E-state index in [1.54, 1.807) is 24.2 Å². The van der Waals surface area contributed by atoms with E-state index in [1.807, 2.05) is 13.2 Å². The van der Waals surface area contributed by atoms with Gasteiger partial charge >= 0.3 is 0 Å². The second-order valence-electron chi connectivity index (χ2n) is 4.84. The van der Waals surface area contributed by atoms with Gasteiger partial charge in [-0.2, -0.15) is 16.7 Å². The lowest BCUT2D eigenvalue weighted by Crippen LogP contribution is -2.31. The van der Waals surface area contributed by atoms with Gasteiger partial charge in [0.15, 0.2) is 0 Å². The maximum atomic E-state index is 9.25. The van der Waals surface area contributed by atoms with E-state index in [0.29, 0.717) is 24.2 Å². The van der Waals surface area contributed by atoms with Crippen LogP contribution < -0.4 is 10.1 Å². The van der Waals surface area contributed by atoms with Crippen molar-refractivity contribution in [3.05, 3.63) is 12.4 Å². The molecule has 0 radical (unpaired) electrons.